The summed E-state index contributed by atoms with van der Waals surface area (Å²) in [5.74, 6) is 0.308. The zero-order valence-electron chi connectivity index (χ0n) is 10.6. The molecule has 2 rings (SSSR count). The number of hydrogen-bond acceptors (Lipinski definition) is 6. The fraction of sp³-hybridized carbons (Fsp3) is 0.583. The average molecular weight is 269 g/mol. The molecule has 1 aromatic heterocycles. The van der Waals surface area contributed by atoms with Crippen molar-refractivity contribution in [2.75, 3.05) is 12.3 Å². The fourth-order valence-electron chi connectivity index (χ4n) is 2.43. The topological polar surface area (TPSA) is 132 Å². The highest BCUT2D eigenvalue weighted by Gasteiger charge is 2.42. The molecule has 7 nitrogen and oxygen atoms in total. The molecule has 2 heterocycles. The van der Waals surface area contributed by atoms with Crippen LogP contribution in [0.1, 0.15) is 24.1 Å². The number of pyridine rings is 1. The minimum Gasteiger partial charge on any atom is -0.395 e. The molecule has 1 aliphatic rings. The number of aromatic amines is 1. The molecule has 0 saturated carbocycles. The summed E-state index contributed by atoms with van der Waals surface area (Å²) in [5, 5.41) is 31.7. The number of aliphatic hydroxyl groups is 3. The van der Waals surface area contributed by atoms with Crippen molar-refractivity contribution in [3.63, 3.8) is 0 Å². The number of H-pyrrole nitrogens is 1. The lowest BCUT2D eigenvalue weighted by molar-refractivity contribution is 0.0193. The Balaban J connectivity index is 2.40. The molecule has 0 amide bonds. The SMILES string of the molecule is CCc1cc(C2NC(CO)C(O)C2O)c(=O)[nH]c1N. The van der Waals surface area contributed by atoms with Crippen LogP contribution < -0.4 is 16.6 Å². The number of anilines is 1. The van der Waals surface area contributed by atoms with E-state index in [0.717, 1.165) is 5.56 Å². The predicted octanol–water partition coefficient (Wildman–Crippen LogP) is -1.75. The fourth-order valence-corrected chi connectivity index (χ4v) is 2.43. The highest BCUT2D eigenvalue weighted by atomic mass is 16.3. The van der Waals surface area contributed by atoms with Gasteiger partial charge in [0.1, 0.15) is 11.9 Å². The second-order valence-electron chi connectivity index (χ2n) is 4.76. The molecule has 1 aliphatic heterocycles. The number of nitrogen functional groups attached to an aromatic ring is 1. The Hall–Kier alpha value is -1.41. The van der Waals surface area contributed by atoms with Crippen LogP contribution in [0.2, 0.25) is 0 Å². The maximum atomic E-state index is 11.9. The van der Waals surface area contributed by atoms with Gasteiger partial charge < -0.3 is 31.4 Å². The molecule has 0 aliphatic carbocycles. The van der Waals surface area contributed by atoms with Crippen LogP contribution in [-0.2, 0) is 6.42 Å². The summed E-state index contributed by atoms with van der Waals surface area (Å²) in [6, 6.07) is 0.255. The van der Waals surface area contributed by atoms with Gasteiger partial charge in [0.05, 0.1) is 24.8 Å². The van der Waals surface area contributed by atoms with Crippen LogP contribution in [0.15, 0.2) is 10.9 Å². The van der Waals surface area contributed by atoms with Crippen LogP contribution in [0, 0.1) is 0 Å². The van der Waals surface area contributed by atoms with Crippen LogP contribution in [0.4, 0.5) is 5.82 Å². The van der Waals surface area contributed by atoms with Gasteiger partial charge >= 0.3 is 0 Å². The van der Waals surface area contributed by atoms with Crippen LogP contribution in [0.5, 0.6) is 0 Å². The van der Waals surface area contributed by atoms with Gasteiger partial charge in [-0.1, -0.05) is 6.92 Å². The Morgan fingerprint density at radius 2 is 2.05 bits per heavy atom. The highest BCUT2D eigenvalue weighted by Crippen LogP contribution is 2.26. The molecule has 0 bridgehead atoms. The van der Waals surface area contributed by atoms with E-state index in [1.807, 2.05) is 6.92 Å². The van der Waals surface area contributed by atoms with E-state index in [0.29, 0.717) is 17.8 Å². The molecule has 0 spiro atoms. The first-order valence-electron chi connectivity index (χ1n) is 6.24. The van der Waals surface area contributed by atoms with Crippen LogP contribution in [0.25, 0.3) is 0 Å². The minimum absolute atomic E-state index is 0.308. The molecular weight excluding hydrogens is 250 g/mol. The van der Waals surface area contributed by atoms with Crippen LogP contribution >= 0.6 is 0 Å². The minimum atomic E-state index is -1.15. The number of nitrogens with two attached hydrogens (primary N) is 1. The molecule has 1 aromatic rings. The number of aliphatic hydroxyl groups excluding tert-OH is 3. The second kappa shape index (κ2) is 5.30. The van der Waals surface area contributed by atoms with Crippen molar-refractivity contribution in [2.45, 2.75) is 37.6 Å². The number of aryl methyl sites for hydroxylation is 1. The quantitative estimate of drug-likeness (QED) is 0.385. The van der Waals surface area contributed by atoms with E-state index < -0.39 is 29.9 Å². The molecule has 19 heavy (non-hydrogen) atoms. The summed E-state index contributed by atoms with van der Waals surface area (Å²) in [7, 11) is 0. The van der Waals surface area contributed by atoms with Crippen molar-refractivity contribution >= 4 is 5.82 Å². The number of hydrogen-bond donors (Lipinski definition) is 6. The Labute approximate surface area is 110 Å². The lowest BCUT2D eigenvalue weighted by atomic mass is 10.00. The molecule has 1 fully saturated rings. The highest BCUT2D eigenvalue weighted by molar-refractivity contribution is 5.42. The van der Waals surface area contributed by atoms with E-state index in [2.05, 4.69) is 10.3 Å². The molecule has 7 N–H and O–H groups in total. The predicted molar refractivity (Wildman–Crippen MR) is 69.6 cm³/mol. The maximum absolute atomic E-state index is 11.9. The molecule has 0 aromatic carbocycles. The van der Waals surface area contributed by atoms with Crippen molar-refractivity contribution in [1.82, 2.24) is 10.3 Å². The van der Waals surface area contributed by atoms with Crippen molar-refractivity contribution < 1.29 is 15.3 Å². The molecule has 4 atom stereocenters. The van der Waals surface area contributed by atoms with Crippen LogP contribution in [-0.4, -0.2) is 45.2 Å². The smallest absolute Gasteiger partial charge is 0.254 e. The van der Waals surface area contributed by atoms with E-state index in [9.17, 15) is 15.0 Å². The van der Waals surface area contributed by atoms with E-state index in [4.69, 9.17) is 10.8 Å². The number of rotatable bonds is 3. The van der Waals surface area contributed by atoms with E-state index in [-0.39, 0.29) is 6.61 Å². The number of nitrogens with one attached hydrogen (secondary N) is 2. The molecule has 1 saturated heterocycles. The van der Waals surface area contributed by atoms with Gasteiger partial charge in [0.25, 0.3) is 5.56 Å². The summed E-state index contributed by atoms with van der Waals surface area (Å²) < 4.78 is 0. The summed E-state index contributed by atoms with van der Waals surface area (Å²) in [6.45, 7) is 1.58. The first-order valence-corrected chi connectivity index (χ1v) is 6.24. The van der Waals surface area contributed by atoms with Gasteiger partial charge in [0.2, 0.25) is 0 Å². The summed E-state index contributed by atoms with van der Waals surface area (Å²) in [6.07, 6.45) is -1.62. The normalized spacial score (nSPS) is 30.7. The molecule has 0 radical (unpaired) electrons. The maximum Gasteiger partial charge on any atom is 0.254 e. The molecular formula is C12H19N3O4. The Morgan fingerprint density at radius 1 is 1.37 bits per heavy atom. The Kier molecular flexibility index (Phi) is 3.91. The Morgan fingerprint density at radius 3 is 2.58 bits per heavy atom. The first-order chi connectivity index (χ1) is 8.99. The monoisotopic (exact) mass is 269 g/mol. The van der Waals surface area contributed by atoms with E-state index in [1.165, 1.54) is 0 Å². The Bertz CT molecular complexity index is 516. The molecule has 7 heteroatoms. The standard InChI is InChI=1S/C12H19N3O4/c1-2-5-3-6(12(19)15-11(5)13)8-10(18)9(17)7(4-16)14-8/h3,7-10,14,16-18H,2,4H2,1H3,(H3,13,15,19). The summed E-state index contributed by atoms with van der Waals surface area (Å²) in [5.41, 5.74) is 6.36. The average Bonchev–Trinajstić information content (AvgIpc) is 2.67. The summed E-state index contributed by atoms with van der Waals surface area (Å²) in [4.78, 5) is 14.4. The zero-order chi connectivity index (χ0) is 14.2. The van der Waals surface area contributed by atoms with Crippen molar-refractivity contribution in [1.29, 1.82) is 0 Å². The second-order valence-corrected chi connectivity index (χ2v) is 4.76. The van der Waals surface area contributed by atoms with E-state index >= 15 is 0 Å². The summed E-state index contributed by atoms with van der Waals surface area (Å²) >= 11 is 0. The van der Waals surface area contributed by atoms with E-state index in [1.54, 1.807) is 6.07 Å². The van der Waals surface area contributed by atoms with Gasteiger partial charge in [-0.3, -0.25) is 4.79 Å². The van der Waals surface area contributed by atoms with Gasteiger partial charge in [-0.15, -0.1) is 0 Å². The van der Waals surface area contributed by atoms with Gasteiger partial charge in [0, 0.05) is 5.56 Å². The van der Waals surface area contributed by atoms with Crippen molar-refractivity contribution in [3.05, 3.63) is 27.5 Å². The van der Waals surface area contributed by atoms with Gasteiger partial charge in [-0.2, -0.15) is 0 Å². The van der Waals surface area contributed by atoms with Gasteiger partial charge in [-0.05, 0) is 18.1 Å². The lowest BCUT2D eigenvalue weighted by Gasteiger charge is -2.16. The molecule has 4 unspecified atom stereocenters. The van der Waals surface area contributed by atoms with Crippen molar-refractivity contribution in [3.8, 4) is 0 Å². The third-order valence-electron chi connectivity index (χ3n) is 3.60. The van der Waals surface area contributed by atoms with Gasteiger partial charge in [-0.25, -0.2) is 0 Å². The third kappa shape index (κ3) is 2.37. The molecule has 106 valence electrons. The third-order valence-corrected chi connectivity index (χ3v) is 3.60. The van der Waals surface area contributed by atoms with Gasteiger partial charge in [0.15, 0.2) is 0 Å². The van der Waals surface area contributed by atoms with Crippen molar-refractivity contribution in [2.24, 2.45) is 0 Å². The number of aromatic nitrogens is 1. The first kappa shape index (κ1) is 14.0. The largest absolute Gasteiger partial charge is 0.395 e. The van der Waals surface area contributed by atoms with Crippen LogP contribution in [0.3, 0.4) is 0 Å². The lowest BCUT2D eigenvalue weighted by Crippen LogP contribution is -2.36. The zero-order valence-corrected chi connectivity index (χ0v) is 10.6.